The van der Waals surface area contributed by atoms with Crippen LogP contribution in [-0.4, -0.2) is 36.8 Å². The fourth-order valence-corrected chi connectivity index (χ4v) is 2.91. The molecule has 4 N–H and O–H groups in total. The Labute approximate surface area is 157 Å². The largest absolute Gasteiger partial charge is 0.508 e. The highest BCUT2D eigenvalue weighted by Gasteiger charge is 2.07. The number of nitrogens with one attached hydrogen (secondary N) is 3. The molecular formula is C20H23FN4O2. The quantitative estimate of drug-likeness (QED) is 0.397. The summed E-state index contributed by atoms with van der Waals surface area (Å²) in [5.41, 5.74) is 2.62. The number of nitrogens with zero attached hydrogens (tertiary/aromatic N) is 1. The average Bonchev–Trinajstić information content (AvgIpc) is 3.07. The summed E-state index contributed by atoms with van der Waals surface area (Å²) in [6.45, 7) is 1.07. The lowest BCUT2D eigenvalue weighted by molar-refractivity contribution is 0.410. The summed E-state index contributed by atoms with van der Waals surface area (Å²) in [5.74, 6) is 1.26. The zero-order chi connectivity index (χ0) is 19.2. The minimum absolute atomic E-state index is 0.199. The first-order valence-electron chi connectivity index (χ1n) is 8.66. The van der Waals surface area contributed by atoms with E-state index in [9.17, 15) is 9.50 Å². The van der Waals surface area contributed by atoms with Crippen molar-refractivity contribution >= 4 is 16.9 Å². The first-order chi connectivity index (χ1) is 13.1. The van der Waals surface area contributed by atoms with Gasteiger partial charge in [0.05, 0.1) is 7.11 Å². The molecule has 1 heterocycles. The molecule has 0 unspecified atom stereocenters. The molecule has 0 bridgehead atoms. The van der Waals surface area contributed by atoms with Gasteiger partial charge in [-0.1, -0.05) is 0 Å². The maximum atomic E-state index is 13.3. The van der Waals surface area contributed by atoms with Gasteiger partial charge in [-0.25, -0.2) is 4.39 Å². The molecule has 7 heteroatoms. The molecule has 27 heavy (non-hydrogen) atoms. The van der Waals surface area contributed by atoms with Gasteiger partial charge < -0.3 is 25.5 Å². The summed E-state index contributed by atoms with van der Waals surface area (Å²) in [6.07, 6.45) is 2.66. The Morgan fingerprint density at radius 1 is 1.19 bits per heavy atom. The molecule has 3 aromatic rings. The number of aliphatic imine (C=N–C) groups is 1. The van der Waals surface area contributed by atoms with Crippen LogP contribution in [0, 0.1) is 5.82 Å². The van der Waals surface area contributed by atoms with Gasteiger partial charge in [0.15, 0.2) is 5.96 Å². The summed E-state index contributed by atoms with van der Waals surface area (Å²) < 4.78 is 18.4. The van der Waals surface area contributed by atoms with Gasteiger partial charge in [0, 0.05) is 42.8 Å². The first kappa shape index (κ1) is 18.6. The number of rotatable bonds is 6. The fourth-order valence-electron chi connectivity index (χ4n) is 2.91. The van der Waals surface area contributed by atoms with E-state index in [1.54, 1.807) is 38.4 Å². The van der Waals surface area contributed by atoms with E-state index in [-0.39, 0.29) is 11.6 Å². The number of aromatic hydroxyl groups is 1. The smallest absolute Gasteiger partial charge is 0.191 e. The second-order valence-corrected chi connectivity index (χ2v) is 6.10. The molecule has 1 aromatic heterocycles. The van der Waals surface area contributed by atoms with Gasteiger partial charge in [-0.05, 0) is 48.4 Å². The maximum absolute atomic E-state index is 13.3. The highest BCUT2D eigenvalue weighted by molar-refractivity contribution is 5.83. The molecule has 0 radical (unpaired) electrons. The SMILES string of the molecule is CN=C(NCCc1c[nH]c2cc(F)ccc12)NCc1cc(OC)ccc1O. The first-order valence-corrected chi connectivity index (χ1v) is 8.66. The summed E-state index contributed by atoms with van der Waals surface area (Å²) in [6, 6.07) is 9.84. The molecule has 6 nitrogen and oxygen atoms in total. The lowest BCUT2D eigenvalue weighted by Crippen LogP contribution is -2.37. The lowest BCUT2D eigenvalue weighted by atomic mass is 10.1. The number of halogens is 1. The lowest BCUT2D eigenvalue weighted by Gasteiger charge is -2.13. The van der Waals surface area contributed by atoms with Crippen LogP contribution in [0.25, 0.3) is 10.9 Å². The Balaban J connectivity index is 1.55. The summed E-state index contributed by atoms with van der Waals surface area (Å²) in [5, 5.41) is 17.4. The second kappa shape index (κ2) is 8.44. The van der Waals surface area contributed by atoms with Crippen molar-refractivity contribution in [3.05, 3.63) is 59.5 Å². The van der Waals surface area contributed by atoms with Crippen LogP contribution in [0.2, 0.25) is 0 Å². The minimum Gasteiger partial charge on any atom is -0.508 e. The highest BCUT2D eigenvalue weighted by atomic mass is 19.1. The van der Waals surface area contributed by atoms with E-state index in [2.05, 4.69) is 20.6 Å². The number of fused-ring (bicyclic) bond motifs is 1. The number of methoxy groups -OCH3 is 1. The van der Waals surface area contributed by atoms with E-state index in [4.69, 9.17) is 4.74 Å². The molecule has 0 aliphatic rings. The summed E-state index contributed by atoms with van der Waals surface area (Å²) >= 11 is 0. The van der Waals surface area contributed by atoms with Gasteiger partial charge in [-0.15, -0.1) is 0 Å². The van der Waals surface area contributed by atoms with Crippen molar-refractivity contribution in [3.8, 4) is 11.5 Å². The molecule has 0 fully saturated rings. The van der Waals surface area contributed by atoms with Crippen LogP contribution in [0.1, 0.15) is 11.1 Å². The Kier molecular flexibility index (Phi) is 5.80. The highest BCUT2D eigenvalue weighted by Crippen LogP contribution is 2.22. The number of guanidine groups is 1. The van der Waals surface area contributed by atoms with Crippen molar-refractivity contribution in [2.24, 2.45) is 4.99 Å². The Bertz CT molecular complexity index is 952. The van der Waals surface area contributed by atoms with Crippen LogP contribution >= 0.6 is 0 Å². The zero-order valence-electron chi connectivity index (χ0n) is 15.3. The van der Waals surface area contributed by atoms with Crippen molar-refractivity contribution in [1.82, 2.24) is 15.6 Å². The number of benzene rings is 2. The van der Waals surface area contributed by atoms with Crippen molar-refractivity contribution in [3.63, 3.8) is 0 Å². The van der Waals surface area contributed by atoms with Gasteiger partial charge in [0.1, 0.15) is 17.3 Å². The van der Waals surface area contributed by atoms with Crippen LogP contribution in [0.15, 0.2) is 47.6 Å². The fraction of sp³-hybridized carbons (Fsp3) is 0.250. The minimum atomic E-state index is -0.251. The van der Waals surface area contributed by atoms with Gasteiger partial charge >= 0.3 is 0 Å². The van der Waals surface area contributed by atoms with E-state index in [1.807, 2.05) is 6.20 Å². The van der Waals surface area contributed by atoms with Gasteiger partial charge in [0.25, 0.3) is 0 Å². The number of phenolic OH excluding ortho intramolecular Hbond substituents is 1. The topological polar surface area (TPSA) is 81.7 Å². The van der Waals surface area contributed by atoms with E-state index in [1.165, 1.54) is 12.1 Å². The molecule has 142 valence electrons. The van der Waals surface area contributed by atoms with Crippen molar-refractivity contribution in [2.75, 3.05) is 20.7 Å². The monoisotopic (exact) mass is 370 g/mol. The Morgan fingerprint density at radius 2 is 2.04 bits per heavy atom. The average molecular weight is 370 g/mol. The van der Waals surface area contributed by atoms with Crippen LogP contribution in [-0.2, 0) is 13.0 Å². The molecule has 0 spiro atoms. The normalized spacial score (nSPS) is 11.6. The molecule has 0 saturated carbocycles. The molecular weight excluding hydrogens is 347 g/mol. The van der Waals surface area contributed by atoms with Gasteiger partial charge in [-0.2, -0.15) is 0 Å². The predicted molar refractivity (Wildman–Crippen MR) is 105 cm³/mol. The molecule has 0 aliphatic heterocycles. The second-order valence-electron chi connectivity index (χ2n) is 6.10. The third kappa shape index (κ3) is 4.49. The molecule has 0 atom stereocenters. The number of ether oxygens (including phenoxy) is 1. The summed E-state index contributed by atoms with van der Waals surface area (Å²) in [4.78, 5) is 7.28. The van der Waals surface area contributed by atoms with E-state index in [0.29, 0.717) is 24.8 Å². The Morgan fingerprint density at radius 3 is 2.81 bits per heavy atom. The van der Waals surface area contributed by atoms with Gasteiger partial charge in [-0.3, -0.25) is 4.99 Å². The molecule has 0 aliphatic carbocycles. The molecule has 3 rings (SSSR count). The summed E-state index contributed by atoms with van der Waals surface area (Å²) in [7, 11) is 3.28. The van der Waals surface area contributed by atoms with Gasteiger partial charge in [0.2, 0.25) is 0 Å². The standard InChI is InChI=1S/C20H23FN4O2/c1-22-20(25-12-14-9-16(27-2)4-6-19(14)26)23-8-7-13-11-24-18-10-15(21)3-5-17(13)18/h3-6,9-11,24,26H,7-8,12H2,1-2H3,(H2,22,23,25). The number of aromatic nitrogens is 1. The third-order valence-corrected chi connectivity index (χ3v) is 4.37. The van der Waals surface area contributed by atoms with Crippen LogP contribution in [0.5, 0.6) is 11.5 Å². The number of hydrogen-bond acceptors (Lipinski definition) is 3. The van der Waals surface area contributed by atoms with E-state index < -0.39 is 0 Å². The molecule has 0 saturated heterocycles. The van der Waals surface area contributed by atoms with E-state index in [0.717, 1.165) is 28.5 Å². The Hall–Kier alpha value is -3.22. The van der Waals surface area contributed by atoms with E-state index >= 15 is 0 Å². The van der Waals surface area contributed by atoms with Crippen molar-refractivity contribution in [2.45, 2.75) is 13.0 Å². The number of aromatic amines is 1. The maximum Gasteiger partial charge on any atom is 0.191 e. The predicted octanol–water partition coefficient (Wildman–Crippen LogP) is 2.93. The number of H-pyrrole nitrogens is 1. The van der Waals surface area contributed by atoms with Crippen molar-refractivity contribution in [1.29, 1.82) is 0 Å². The van der Waals surface area contributed by atoms with Crippen LogP contribution < -0.4 is 15.4 Å². The molecule has 2 aromatic carbocycles. The van der Waals surface area contributed by atoms with Crippen LogP contribution in [0.4, 0.5) is 4.39 Å². The number of hydrogen-bond donors (Lipinski definition) is 4. The number of phenols is 1. The molecule has 0 amide bonds. The van der Waals surface area contributed by atoms with Crippen LogP contribution in [0.3, 0.4) is 0 Å². The third-order valence-electron chi connectivity index (χ3n) is 4.37. The zero-order valence-corrected chi connectivity index (χ0v) is 15.3. The van der Waals surface area contributed by atoms with Crippen molar-refractivity contribution < 1.29 is 14.2 Å².